The average molecular weight is 191 g/mol. The number of rotatable bonds is 3. The van der Waals surface area contributed by atoms with Crippen molar-refractivity contribution in [2.24, 2.45) is 4.99 Å². The van der Waals surface area contributed by atoms with Crippen LogP contribution < -0.4 is 4.74 Å². The Morgan fingerprint density at radius 2 is 2.14 bits per heavy atom. The van der Waals surface area contributed by atoms with Crippen LogP contribution in [0.2, 0.25) is 0 Å². The maximum absolute atomic E-state index is 10.0. The molecule has 1 aromatic rings. The monoisotopic (exact) mass is 191 g/mol. The zero-order valence-electron chi connectivity index (χ0n) is 8.63. The van der Waals surface area contributed by atoms with Crippen LogP contribution in [0.3, 0.4) is 0 Å². The molecule has 0 amide bonds. The fourth-order valence-corrected chi connectivity index (χ4v) is 1.35. The van der Waals surface area contributed by atoms with Gasteiger partial charge in [0.05, 0.1) is 13.7 Å². The highest BCUT2D eigenvalue weighted by atomic mass is 16.5. The van der Waals surface area contributed by atoms with Gasteiger partial charge < -0.3 is 4.74 Å². The Hall–Kier alpha value is -1.60. The minimum Gasteiger partial charge on any atom is -0.496 e. The molecular formula is C11H13NO2. The third kappa shape index (κ3) is 2.01. The van der Waals surface area contributed by atoms with Crippen molar-refractivity contribution in [3.8, 4) is 5.75 Å². The van der Waals surface area contributed by atoms with E-state index >= 15 is 0 Å². The fraction of sp³-hybridized carbons (Fsp3) is 0.364. The predicted molar refractivity (Wildman–Crippen MR) is 54.3 cm³/mol. The van der Waals surface area contributed by atoms with E-state index in [0.717, 1.165) is 16.9 Å². The lowest BCUT2D eigenvalue weighted by Crippen LogP contribution is -1.96. The van der Waals surface area contributed by atoms with E-state index in [9.17, 15) is 4.79 Å². The Bertz CT molecular complexity index is 379. The largest absolute Gasteiger partial charge is 0.496 e. The van der Waals surface area contributed by atoms with Crippen molar-refractivity contribution in [2.45, 2.75) is 20.4 Å². The number of hydrogen-bond donors (Lipinski definition) is 0. The normalized spacial score (nSPS) is 9.36. The van der Waals surface area contributed by atoms with Crippen molar-refractivity contribution in [1.29, 1.82) is 0 Å². The maximum atomic E-state index is 10.0. The van der Waals surface area contributed by atoms with Gasteiger partial charge in [-0.1, -0.05) is 6.07 Å². The van der Waals surface area contributed by atoms with Gasteiger partial charge in [-0.05, 0) is 31.0 Å². The third-order valence-electron chi connectivity index (χ3n) is 2.35. The number of isocyanates is 1. The first-order chi connectivity index (χ1) is 6.70. The van der Waals surface area contributed by atoms with E-state index in [2.05, 4.69) is 4.99 Å². The highest BCUT2D eigenvalue weighted by Gasteiger charge is 2.07. The van der Waals surface area contributed by atoms with Gasteiger partial charge in [0.2, 0.25) is 6.08 Å². The van der Waals surface area contributed by atoms with Crippen molar-refractivity contribution >= 4 is 6.08 Å². The number of methoxy groups -OCH3 is 1. The summed E-state index contributed by atoms with van der Waals surface area (Å²) in [6, 6.07) is 3.88. The number of aliphatic imine (C=N–C) groups is 1. The summed E-state index contributed by atoms with van der Waals surface area (Å²) in [4.78, 5) is 13.6. The Labute approximate surface area is 83.4 Å². The lowest BCUT2D eigenvalue weighted by Gasteiger charge is -2.11. The van der Waals surface area contributed by atoms with E-state index in [4.69, 9.17) is 4.74 Å². The summed E-state index contributed by atoms with van der Waals surface area (Å²) in [5, 5.41) is 0. The predicted octanol–water partition coefficient (Wildman–Crippen LogP) is 2.15. The highest BCUT2D eigenvalue weighted by molar-refractivity contribution is 5.45. The van der Waals surface area contributed by atoms with Crippen molar-refractivity contribution < 1.29 is 9.53 Å². The van der Waals surface area contributed by atoms with Crippen LogP contribution >= 0.6 is 0 Å². The van der Waals surface area contributed by atoms with Gasteiger partial charge in [-0.3, -0.25) is 0 Å². The summed E-state index contributed by atoms with van der Waals surface area (Å²) >= 11 is 0. The first-order valence-electron chi connectivity index (χ1n) is 4.37. The minimum atomic E-state index is 0.334. The SMILES string of the molecule is COc1ccc(C)c(C)c1CN=C=O. The number of carbonyl (C=O) groups excluding carboxylic acids is 1. The molecule has 0 bridgehead atoms. The van der Waals surface area contributed by atoms with Crippen molar-refractivity contribution in [2.75, 3.05) is 7.11 Å². The summed E-state index contributed by atoms with van der Waals surface area (Å²) in [6.45, 7) is 4.34. The number of hydrogen-bond acceptors (Lipinski definition) is 3. The van der Waals surface area contributed by atoms with E-state index in [-0.39, 0.29) is 0 Å². The molecule has 0 saturated heterocycles. The molecule has 14 heavy (non-hydrogen) atoms. The quantitative estimate of drug-likeness (QED) is 0.542. The van der Waals surface area contributed by atoms with Gasteiger partial charge in [-0.2, -0.15) is 0 Å². The average Bonchev–Trinajstić information content (AvgIpc) is 2.20. The standard InChI is InChI=1S/C11H13NO2/c1-8-4-5-11(14-3)10(9(8)2)6-12-7-13/h4-5H,6H2,1-3H3. The Morgan fingerprint density at radius 1 is 1.43 bits per heavy atom. The Kier molecular flexibility index (Phi) is 3.43. The van der Waals surface area contributed by atoms with Gasteiger partial charge >= 0.3 is 0 Å². The highest BCUT2D eigenvalue weighted by Crippen LogP contribution is 2.25. The Morgan fingerprint density at radius 3 is 2.71 bits per heavy atom. The van der Waals surface area contributed by atoms with Crippen molar-refractivity contribution in [1.82, 2.24) is 0 Å². The molecule has 0 atom stereocenters. The zero-order valence-corrected chi connectivity index (χ0v) is 8.63. The molecule has 0 N–H and O–H groups in total. The van der Waals surface area contributed by atoms with E-state index in [0.29, 0.717) is 6.54 Å². The molecule has 0 aromatic heterocycles. The molecule has 0 aliphatic rings. The van der Waals surface area contributed by atoms with Crippen LogP contribution in [0.1, 0.15) is 16.7 Å². The van der Waals surface area contributed by atoms with Crippen LogP contribution in [0.25, 0.3) is 0 Å². The van der Waals surface area contributed by atoms with E-state index in [1.807, 2.05) is 26.0 Å². The second kappa shape index (κ2) is 4.58. The molecular weight excluding hydrogens is 178 g/mol. The molecule has 0 unspecified atom stereocenters. The summed E-state index contributed by atoms with van der Waals surface area (Å²) in [6.07, 6.45) is 1.53. The van der Waals surface area contributed by atoms with E-state index < -0.39 is 0 Å². The second-order valence-electron chi connectivity index (χ2n) is 3.10. The summed E-state index contributed by atoms with van der Waals surface area (Å²) < 4.78 is 5.19. The van der Waals surface area contributed by atoms with Gasteiger partial charge in [0.1, 0.15) is 5.75 Å². The molecule has 0 aliphatic carbocycles. The van der Waals surface area contributed by atoms with Crippen molar-refractivity contribution in [3.05, 3.63) is 28.8 Å². The van der Waals surface area contributed by atoms with Crippen LogP contribution in [-0.2, 0) is 11.3 Å². The molecule has 0 aliphatic heterocycles. The van der Waals surface area contributed by atoms with Gasteiger partial charge in [0, 0.05) is 5.56 Å². The number of benzene rings is 1. The van der Waals surface area contributed by atoms with Crippen LogP contribution in [0, 0.1) is 13.8 Å². The summed E-state index contributed by atoms with van der Waals surface area (Å²) in [5.74, 6) is 0.770. The van der Waals surface area contributed by atoms with Crippen LogP contribution in [-0.4, -0.2) is 13.2 Å². The number of aryl methyl sites for hydroxylation is 1. The summed E-state index contributed by atoms with van der Waals surface area (Å²) in [7, 11) is 1.61. The molecule has 0 saturated carbocycles. The van der Waals surface area contributed by atoms with Crippen LogP contribution in [0.15, 0.2) is 17.1 Å². The van der Waals surface area contributed by atoms with Gasteiger partial charge in [0.25, 0.3) is 0 Å². The molecule has 0 heterocycles. The lowest BCUT2D eigenvalue weighted by atomic mass is 10.0. The van der Waals surface area contributed by atoms with E-state index in [1.165, 1.54) is 11.6 Å². The zero-order chi connectivity index (χ0) is 10.6. The van der Waals surface area contributed by atoms with Gasteiger partial charge in [-0.15, -0.1) is 0 Å². The molecule has 0 spiro atoms. The summed E-state index contributed by atoms with van der Waals surface area (Å²) in [5.41, 5.74) is 3.24. The smallest absolute Gasteiger partial charge is 0.235 e. The van der Waals surface area contributed by atoms with Crippen LogP contribution in [0.5, 0.6) is 5.75 Å². The molecule has 0 radical (unpaired) electrons. The molecule has 3 nitrogen and oxygen atoms in total. The first-order valence-corrected chi connectivity index (χ1v) is 4.37. The number of ether oxygens (including phenoxy) is 1. The maximum Gasteiger partial charge on any atom is 0.235 e. The van der Waals surface area contributed by atoms with E-state index in [1.54, 1.807) is 7.11 Å². The van der Waals surface area contributed by atoms with Gasteiger partial charge in [-0.25, -0.2) is 9.79 Å². The Balaban J connectivity index is 3.20. The second-order valence-corrected chi connectivity index (χ2v) is 3.10. The minimum absolute atomic E-state index is 0.334. The van der Waals surface area contributed by atoms with Crippen molar-refractivity contribution in [3.63, 3.8) is 0 Å². The fourth-order valence-electron chi connectivity index (χ4n) is 1.35. The topological polar surface area (TPSA) is 38.7 Å². The molecule has 74 valence electrons. The molecule has 1 aromatic carbocycles. The first kappa shape index (κ1) is 10.5. The third-order valence-corrected chi connectivity index (χ3v) is 2.35. The van der Waals surface area contributed by atoms with Crippen LogP contribution in [0.4, 0.5) is 0 Å². The molecule has 1 rings (SSSR count). The molecule has 3 heteroatoms. The van der Waals surface area contributed by atoms with Gasteiger partial charge in [0.15, 0.2) is 0 Å². The molecule has 0 fully saturated rings. The number of nitrogens with zero attached hydrogens (tertiary/aromatic N) is 1. The lowest BCUT2D eigenvalue weighted by molar-refractivity contribution is 0.409.